The lowest BCUT2D eigenvalue weighted by atomic mass is 9.95. The Morgan fingerprint density at radius 1 is 0.838 bits per heavy atom. The van der Waals surface area contributed by atoms with Crippen molar-refractivity contribution >= 4 is 28.4 Å². The molecule has 6 rings (SSSR count). The van der Waals surface area contributed by atoms with Crippen LogP contribution >= 0.6 is 0 Å². The number of anilines is 1. The number of amides is 1. The first-order valence-corrected chi connectivity index (χ1v) is 13.0. The van der Waals surface area contributed by atoms with Crippen molar-refractivity contribution in [1.29, 1.82) is 0 Å². The third-order valence-corrected chi connectivity index (χ3v) is 7.26. The molecule has 2 aromatic heterocycles. The van der Waals surface area contributed by atoms with Crippen LogP contribution in [0.25, 0.3) is 27.9 Å². The lowest BCUT2D eigenvalue weighted by Crippen LogP contribution is -2.38. The molecule has 3 heterocycles. The molecule has 3 aromatic carbocycles. The molecule has 37 heavy (non-hydrogen) atoms. The van der Waals surface area contributed by atoms with Crippen LogP contribution in [0.3, 0.4) is 0 Å². The first-order chi connectivity index (χ1) is 18.2. The van der Waals surface area contributed by atoms with Gasteiger partial charge in [-0.25, -0.2) is 9.38 Å². The highest BCUT2D eigenvalue weighted by Gasteiger charge is 2.28. The molecule has 0 saturated carbocycles. The summed E-state index contributed by atoms with van der Waals surface area (Å²) in [6.45, 7) is 4.99. The van der Waals surface area contributed by atoms with Crippen LogP contribution in [0.5, 0.6) is 0 Å². The van der Waals surface area contributed by atoms with Crippen LogP contribution in [0.1, 0.15) is 31.2 Å². The molecule has 186 valence electrons. The third kappa shape index (κ3) is 4.31. The molecule has 1 fully saturated rings. The zero-order chi connectivity index (χ0) is 25.2. The number of aromatic nitrogens is 4. The number of carbonyl (C=O) groups excluding carboxylic acids is 1. The highest BCUT2D eigenvalue weighted by molar-refractivity contribution is 5.93. The summed E-state index contributed by atoms with van der Waals surface area (Å²) in [6.07, 6.45) is 1.66. The maximum atomic E-state index is 13.6. The molecule has 7 nitrogen and oxygen atoms in total. The van der Waals surface area contributed by atoms with Gasteiger partial charge >= 0.3 is 0 Å². The SMILES string of the molecule is CCC(C(=O)N1CCCN(c2nc3ccccc3c3nnc(-c4ccccc4)n23)CC1)c1ccccc1. The molecule has 0 aliphatic carbocycles. The summed E-state index contributed by atoms with van der Waals surface area (Å²) in [5.74, 6) is 1.69. The standard InChI is InChI=1S/C30H30N6O/c1-2-24(22-12-5-3-6-13-22)29(37)34-18-11-19-35(21-20-34)30-31-26-17-10-9-16-25(26)28-33-32-27(36(28)30)23-14-7-4-8-15-23/h3-10,12-17,24H,2,11,18-21H2,1H3. The van der Waals surface area contributed by atoms with Gasteiger partial charge in [0.25, 0.3) is 0 Å². The van der Waals surface area contributed by atoms with E-state index in [2.05, 4.69) is 38.6 Å². The van der Waals surface area contributed by atoms with Crippen LogP contribution in [-0.4, -0.2) is 56.6 Å². The fraction of sp³-hybridized carbons (Fsp3) is 0.267. The van der Waals surface area contributed by atoms with Gasteiger partial charge in [-0.05, 0) is 30.5 Å². The summed E-state index contributed by atoms with van der Waals surface area (Å²) in [5.41, 5.74) is 3.77. The first kappa shape index (κ1) is 23.2. The molecule has 5 aromatic rings. The summed E-state index contributed by atoms with van der Waals surface area (Å²) < 4.78 is 2.08. The van der Waals surface area contributed by atoms with Gasteiger partial charge in [0.05, 0.1) is 11.4 Å². The Hall–Kier alpha value is -4.26. The lowest BCUT2D eigenvalue weighted by molar-refractivity contribution is -0.132. The molecule has 1 aliphatic heterocycles. The van der Waals surface area contributed by atoms with Crippen LogP contribution < -0.4 is 4.90 Å². The van der Waals surface area contributed by atoms with Crippen molar-refractivity contribution in [2.75, 3.05) is 31.1 Å². The minimum absolute atomic E-state index is 0.110. The molecule has 7 heteroatoms. The molecule has 1 aliphatic rings. The molecule has 1 amide bonds. The quantitative estimate of drug-likeness (QED) is 0.340. The molecule has 0 bridgehead atoms. The minimum atomic E-state index is -0.110. The van der Waals surface area contributed by atoms with Crippen LogP contribution in [-0.2, 0) is 4.79 Å². The van der Waals surface area contributed by atoms with Crippen LogP contribution in [0, 0.1) is 0 Å². The third-order valence-electron chi connectivity index (χ3n) is 7.26. The molecule has 1 saturated heterocycles. The highest BCUT2D eigenvalue weighted by Crippen LogP contribution is 2.29. The van der Waals surface area contributed by atoms with E-state index >= 15 is 0 Å². The molecule has 0 spiro atoms. The number of fused-ring (bicyclic) bond motifs is 3. The fourth-order valence-electron chi connectivity index (χ4n) is 5.35. The van der Waals surface area contributed by atoms with Crippen LogP contribution in [0.15, 0.2) is 84.9 Å². The van der Waals surface area contributed by atoms with Crippen molar-refractivity contribution in [2.45, 2.75) is 25.7 Å². The maximum absolute atomic E-state index is 13.6. The zero-order valence-corrected chi connectivity index (χ0v) is 21.0. The fourth-order valence-corrected chi connectivity index (χ4v) is 5.35. The van der Waals surface area contributed by atoms with Gasteiger partial charge in [-0.2, -0.15) is 0 Å². The number of rotatable bonds is 5. The van der Waals surface area contributed by atoms with Crippen molar-refractivity contribution in [2.24, 2.45) is 0 Å². The van der Waals surface area contributed by atoms with Gasteiger partial charge in [-0.1, -0.05) is 79.7 Å². The van der Waals surface area contributed by atoms with E-state index in [1.165, 1.54) is 0 Å². The molecule has 0 radical (unpaired) electrons. The van der Waals surface area contributed by atoms with E-state index in [1.807, 2.05) is 77.7 Å². The zero-order valence-electron chi connectivity index (χ0n) is 21.0. The Kier molecular flexibility index (Phi) is 6.26. The van der Waals surface area contributed by atoms with Crippen molar-refractivity contribution in [3.8, 4) is 11.4 Å². The second kappa shape index (κ2) is 10.0. The summed E-state index contributed by atoms with van der Waals surface area (Å²) >= 11 is 0. The lowest BCUT2D eigenvalue weighted by Gasteiger charge is -2.27. The van der Waals surface area contributed by atoms with E-state index in [1.54, 1.807) is 0 Å². The Morgan fingerprint density at radius 3 is 2.35 bits per heavy atom. The number of para-hydroxylation sites is 1. The van der Waals surface area contributed by atoms with E-state index in [0.717, 1.165) is 65.4 Å². The Balaban J connectivity index is 1.36. The van der Waals surface area contributed by atoms with E-state index in [4.69, 9.17) is 4.98 Å². The van der Waals surface area contributed by atoms with Crippen molar-refractivity contribution < 1.29 is 4.79 Å². The van der Waals surface area contributed by atoms with E-state index in [9.17, 15) is 4.79 Å². The molecule has 1 unspecified atom stereocenters. The van der Waals surface area contributed by atoms with Gasteiger partial charge in [0.2, 0.25) is 11.9 Å². The second-order valence-corrected chi connectivity index (χ2v) is 9.52. The number of nitrogens with zero attached hydrogens (tertiary/aromatic N) is 6. The Morgan fingerprint density at radius 2 is 1.57 bits per heavy atom. The summed E-state index contributed by atoms with van der Waals surface area (Å²) in [4.78, 5) is 23.0. The first-order valence-electron chi connectivity index (χ1n) is 13.0. The summed E-state index contributed by atoms with van der Waals surface area (Å²) in [5, 5.41) is 10.2. The second-order valence-electron chi connectivity index (χ2n) is 9.52. The van der Waals surface area contributed by atoms with E-state index in [0.29, 0.717) is 13.1 Å². The monoisotopic (exact) mass is 490 g/mol. The average Bonchev–Trinajstić information content (AvgIpc) is 3.25. The van der Waals surface area contributed by atoms with Crippen molar-refractivity contribution in [3.63, 3.8) is 0 Å². The Labute approximate surface area is 216 Å². The topological polar surface area (TPSA) is 66.6 Å². The average molecular weight is 491 g/mol. The molecule has 0 N–H and O–H groups in total. The van der Waals surface area contributed by atoms with Gasteiger partial charge in [0.15, 0.2) is 11.5 Å². The van der Waals surface area contributed by atoms with Crippen LogP contribution in [0.2, 0.25) is 0 Å². The van der Waals surface area contributed by atoms with Gasteiger partial charge < -0.3 is 9.80 Å². The number of carbonyl (C=O) groups is 1. The normalized spacial score (nSPS) is 15.2. The summed E-state index contributed by atoms with van der Waals surface area (Å²) in [7, 11) is 0. The van der Waals surface area contributed by atoms with E-state index < -0.39 is 0 Å². The smallest absolute Gasteiger partial charge is 0.230 e. The van der Waals surface area contributed by atoms with Crippen molar-refractivity contribution in [3.05, 3.63) is 90.5 Å². The number of hydrogen-bond acceptors (Lipinski definition) is 5. The minimum Gasteiger partial charge on any atom is -0.340 e. The van der Waals surface area contributed by atoms with E-state index in [-0.39, 0.29) is 11.8 Å². The maximum Gasteiger partial charge on any atom is 0.230 e. The molecular weight excluding hydrogens is 460 g/mol. The summed E-state index contributed by atoms with van der Waals surface area (Å²) in [6, 6.07) is 28.3. The van der Waals surface area contributed by atoms with Gasteiger partial charge in [-0.15, -0.1) is 10.2 Å². The predicted molar refractivity (Wildman–Crippen MR) is 147 cm³/mol. The van der Waals surface area contributed by atoms with Gasteiger partial charge in [-0.3, -0.25) is 4.79 Å². The predicted octanol–water partition coefficient (Wildman–Crippen LogP) is 5.18. The van der Waals surface area contributed by atoms with Gasteiger partial charge in [0.1, 0.15) is 0 Å². The van der Waals surface area contributed by atoms with Gasteiger partial charge in [0, 0.05) is 37.1 Å². The number of hydrogen-bond donors (Lipinski definition) is 0. The largest absolute Gasteiger partial charge is 0.340 e. The van der Waals surface area contributed by atoms with Crippen LogP contribution in [0.4, 0.5) is 5.95 Å². The number of benzene rings is 3. The highest BCUT2D eigenvalue weighted by atomic mass is 16.2. The Bertz CT molecular complexity index is 1530. The van der Waals surface area contributed by atoms with Crippen molar-refractivity contribution in [1.82, 2.24) is 24.5 Å². The molecule has 1 atom stereocenters. The molecular formula is C30H30N6O.